The van der Waals surface area contributed by atoms with Crippen LogP contribution in [0.3, 0.4) is 0 Å². The summed E-state index contributed by atoms with van der Waals surface area (Å²) in [5, 5.41) is 2.30. The van der Waals surface area contributed by atoms with E-state index < -0.39 is 38.2 Å². The molecular weight excluding hydrogens is 298 g/mol. The van der Waals surface area contributed by atoms with Crippen molar-refractivity contribution in [1.29, 1.82) is 0 Å². The normalized spacial score (nSPS) is 14.4. The van der Waals surface area contributed by atoms with Crippen molar-refractivity contribution in [2.45, 2.75) is 52.3 Å². The lowest BCUT2D eigenvalue weighted by Crippen LogP contribution is -2.51. The maximum Gasteiger partial charge on any atom is 0.311 e. The molecule has 0 radical (unpaired) electrons. The molecule has 21 heavy (non-hydrogen) atoms. The van der Waals surface area contributed by atoms with E-state index >= 15 is 0 Å². The molecule has 0 aromatic rings. The van der Waals surface area contributed by atoms with E-state index in [1.807, 2.05) is 0 Å². The topological polar surface area (TPSA) is 110 Å². The molecule has 124 valence electrons. The van der Waals surface area contributed by atoms with Crippen molar-refractivity contribution in [1.82, 2.24) is 5.32 Å². The average molecular weight is 323 g/mol. The zero-order valence-corrected chi connectivity index (χ0v) is 14.2. The number of nitrogens with one attached hydrogen (secondary N) is 1. The number of hydrogen-bond donors (Lipinski definition) is 2. The second-order valence-electron chi connectivity index (χ2n) is 6.16. The predicted molar refractivity (Wildman–Crippen MR) is 78.0 cm³/mol. The lowest BCUT2D eigenvalue weighted by Gasteiger charge is -2.29. The van der Waals surface area contributed by atoms with Gasteiger partial charge in [0.15, 0.2) is 4.87 Å². The van der Waals surface area contributed by atoms with Gasteiger partial charge in [0, 0.05) is 5.92 Å². The van der Waals surface area contributed by atoms with Crippen molar-refractivity contribution in [3.8, 4) is 0 Å². The molecule has 0 rings (SSSR count). The van der Waals surface area contributed by atoms with E-state index in [4.69, 9.17) is 4.55 Å². The van der Waals surface area contributed by atoms with Gasteiger partial charge in [-0.05, 0) is 40.5 Å². The van der Waals surface area contributed by atoms with E-state index in [9.17, 15) is 18.0 Å². The molecule has 0 aliphatic heterocycles. The Morgan fingerprint density at radius 2 is 1.71 bits per heavy atom. The molecule has 0 saturated heterocycles. The molecule has 8 heteroatoms. The third-order valence-electron chi connectivity index (χ3n) is 3.43. The fourth-order valence-electron chi connectivity index (χ4n) is 1.86. The van der Waals surface area contributed by atoms with Crippen LogP contribution in [-0.2, 0) is 24.4 Å². The summed E-state index contributed by atoms with van der Waals surface area (Å²) < 4.78 is 36.2. The zero-order chi connectivity index (χ0) is 17.1. The van der Waals surface area contributed by atoms with Crippen LogP contribution in [0.4, 0.5) is 0 Å². The van der Waals surface area contributed by atoms with Gasteiger partial charge >= 0.3 is 5.97 Å². The van der Waals surface area contributed by atoms with Crippen LogP contribution < -0.4 is 5.32 Å². The summed E-state index contributed by atoms with van der Waals surface area (Å²) in [6.45, 7) is 7.46. The standard InChI is InChI=1S/C13H25NO6S/c1-7-9(8-12(2,3)11(16)20-6)10(15)14-13(4,5)21(17,18)19/h9H,7-8H2,1-6H3,(H,14,15)(H,17,18,19). The molecule has 0 aliphatic carbocycles. The third-order valence-corrected chi connectivity index (χ3v) is 4.82. The predicted octanol–water partition coefficient (Wildman–Crippen LogP) is 1.34. The number of hydrogen-bond acceptors (Lipinski definition) is 5. The third kappa shape index (κ3) is 5.28. The van der Waals surface area contributed by atoms with Gasteiger partial charge in [-0.3, -0.25) is 14.1 Å². The van der Waals surface area contributed by atoms with E-state index in [2.05, 4.69) is 10.1 Å². The first kappa shape index (κ1) is 19.9. The number of rotatable bonds is 7. The highest BCUT2D eigenvalue weighted by Crippen LogP contribution is 2.29. The van der Waals surface area contributed by atoms with Gasteiger partial charge in [-0.15, -0.1) is 0 Å². The summed E-state index contributed by atoms with van der Waals surface area (Å²) >= 11 is 0. The zero-order valence-electron chi connectivity index (χ0n) is 13.4. The molecule has 0 bridgehead atoms. The Bertz CT molecular complexity index is 495. The number of carbonyl (C=O) groups is 2. The lowest BCUT2D eigenvalue weighted by atomic mass is 9.81. The van der Waals surface area contributed by atoms with Gasteiger partial charge in [-0.25, -0.2) is 0 Å². The molecule has 0 heterocycles. The van der Waals surface area contributed by atoms with Gasteiger partial charge in [0.1, 0.15) is 0 Å². The lowest BCUT2D eigenvalue weighted by molar-refractivity contribution is -0.152. The number of methoxy groups -OCH3 is 1. The first-order valence-corrected chi connectivity index (χ1v) is 8.10. The number of esters is 1. The first-order valence-electron chi connectivity index (χ1n) is 6.66. The Morgan fingerprint density at radius 3 is 2.05 bits per heavy atom. The Hall–Kier alpha value is -1.15. The van der Waals surface area contributed by atoms with Crippen LogP contribution in [0, 0.1) is 11.3 Å². The van der Waals surface area contributed by atoms with Crippen molar-refractivity contribution in [3.63, 3.8) is 0 Å². The summed E-state index contributed by atoms with van der Waals surface area (Å²) in [5.41, 5.74) is -0.866. The Kier molecular flexibility index (Phi) is 6.37. The van der Waals surface area contributed by atoms with E-state index in [0.29, 0.717) is 6.42 Å². The molecule has 7 nitrogen and oxygen atoms in total. The van der Waals surface area contributed by atoms with Crippen LogP contribution in [0.25, 0.3) is 0 Å². The largest absolute Gasteiger partial charge is 0.469 e. The maximum atomic E-state index is 12.2. The van der Waals surface area contributed by atoms with Crippen molar-refractivity contribution < 1.29 is 27.3 Å². The van der Waals surface area contributed by atoms with Gasteiger partial charge < -0.3 is 10.1 Å². The number of amides is 1. The van der Waals surface area contributed by atoms with E-state index in [-0.39, 0.29) is 6.42 Å². The van der Waals surface area contributed by atoms with Gasteiger partial charge in [-0.1, -0.05) is 6.92 Å². The van der Waals surface area contributed by atoms with E-state index in [1.54, 1.807) is 20.8 Å². The quantitative estimate of drug-likeness (QED) is 0.540. The van der Waals surface area contributed by atoms with E-state index in [0.717, 1.165) is 0 Å². The number of carbonyl (C=O) groups excluding carboxylic acids is 2. The van der Waals surface area contributed by atoms with Crippen LogP contribution >= 0.6 is 0 Å². The Balaban J connectivity index is 5.07. The van der Waals surface area contributed by atoms with Gasteiger partial charge in [0.05, 0.1) is 12.5 Å². The molecule has 0 fully saturated rings. The highest BCUT2D eigenvalue weighted by molar-refractivity contribution is 7.87. The fraction of sp³-hybridized carbons (Fsp3) is 0.846. The van der Waals surface area contributed by atoms with Crippen LogP contribution in [0.2, 0.25) is 0 Å². The second-order valence-corrected chi connectivity index (χ2v) is 8.13. The summed E-state index contributed by atoms with van der Waals surface area (Å²) in [6.07, 6.45) is 0.636. The second kappa shape index (κ2) is 6.74. The van der Waals surface area contributed by atoms with Crippen molar-refractivity contribution in [2.24, 2.45) is 11.3 Å². The van der Waals surface area contributed by atoms with E-state index in [1.165, 1.54) is 21.0 Å². The van der Waals surface area contributed by atoms with Crippen molar-refractivity contribution >= 4 is 22.0 Å². The van der Waals surface area contributed by atoms with Crippen LogP contribution in [-0.4, -0.2) is 36.8 Å². The molecule has 0 aromatic heterocycles. The molecule has 2 N–H and O–H groups in total. The summed E-state index contributed by atoms with van der Waals surface area (Å²) in [6, 6.07) is 0. The molecule has 1 atom stereocenters. The van der Waals surface area contributed by atoms with Crippen LogP contribution in [0.1, 0.15) is 47.5 Å². The number of ether oxygens (including phenoxy) is 1. The summed E-state index contributed by atoms with van der Waals surface area (Å²) in [7, 11) is -3.16. The Labute approximate surface area is 126 Å². The summed E-state index contributed by atoms with van der Waals surface area (Å²) in [4.78, 5) is 22.1. The minimum Gasteiger partial charge on any atom is -0.469 e. The van der Waals surface area contributed by atoms with Crippen LogP contribution in [0.5, 0.6) is 0 Å². The highest BCUT2D eigenvalue weighted by atomic mass is 32.2. The molecular formula is C13H25NO6S. The molecule has 0 aromatic carbocycles. The highest BCUT2D eigenvalue weighted by Gasteiger charge is 2.38. The molecule has 0 saturated carbocycles. The fourth-order valence-corrected chi connectivity index (χ4v) is 2.09. The molecule has 1 unspecified atom stereocenters. The van der Waals surface area contributed by atoms with Crippen molar-refractivity contribution in [3.05, 3.63) is 0 Å². The van der Waals surface area contributed by atoms with Crippen LogP contribution in [0.15, 0.2) is 0 Å². The van der Waals surface area contributed by atoms with Gasteiger partial charge in [-0.2, -0.15) is 8.42 Å². The molecule has 0 spiro atoms. The average Bonchev–Trinajstić information content (AvgIpc) is 2.32. The van der Waals surface area contributed by atoms with Gasteiger partial charge in [0.2, 0.25) is 5.91 Å². The molecule has 0 aliphatic rings. The smallest absolute Gasteiger partial charge is 0.311 e. The maximum absolute atomic E-state index is 12.2. The monoisotopic (exact) mass is 323 g/mol. The minimum atomic E-state index is -4.43. The SMILES string of the molecule is CCC(CC(C)(C)C(=O)OC)C(=O)NC(C)(C)S(=O)(=O)O. The van der Waals surface area contributed by atoms with Gasteiger partial charge in [0.25, 0.3) is 10.1 Å². The Morgan fingerprint density at radius 1 is 1.24 bits per heavy atom. The molecule has 1 amide bonds. The van der Waals surface area contributed by atoms with Crippen molar-refractivity contribution in [2.75, 3.05) is 7.11 Å². The summed E-state index contributed by atoms with van der Waals surface area (Å²) in [5.74, 6) is -1.54. The minimum absolute atomic E-state index is 0.212. The first-order chi connectivity index (χ1) is 9.28.